The Labute approximate surface area is 125 Å². The fraction of sp³-hybridized carbons (Fsp3) is 0.688. The first-order chi connectivity index (χ1) is 9.76. The van der Waals surface area contributed by atoms with E-state index in [0.717, 1.165) is 13.0 Å². The van der Waals surface area contributed by atoms with Crippen LogP contribution in [0.5, 0.6) is 0 Å². The van der Waals surface area contributed by atoms with E-state index >= 15 is 0 Å². The standard InChI is InChI=1S/C16H24N2OS/c1-2-11-6-7-17-14(8-11)16(19)18-10-13-9-12-4-3-5-15(12)20-13/h9,11,14,17H,2-8,10H2,1H3,(H,18,19). The predicted molar refractivity (Wildman–Crippen MR) is 83.0 cm³/mol. The monoisotopic (exact) mass is 292 g/mol. The maximum Gasteiger partial charge on any atom is 0.237 e. The Balaban J connectivity index is 1.51. The summed E-state index contributed by atoms with van der Waals surface area (Å²) < 4.78 is 0. The highest BCUT2D eigenvalue weighted by atomic mass is 32.1. The Morgan fingerprint density at radius 2 is 2.40 bits per heavy atom. The first-order valence-electron chi connectivity index (χ1n) is 7.87. The van der Waals surface area contributed by atoms with Gasteiger partial charge in [0.1, 0.15) is 0 Å². The zero-order valence-electron chi connectivity index (χ0n) is 12.2. The van der Waals surface area contributed by atoms with Crippen LogP contribution >= 0.6 is 11.3 Å². The molecule has 20 heavy (non-hydrogen) atoms. The third-order valence-corrected chi connectivity index (χ3v) is 5.88. The van der Waals surface area contributed by atoms with E-state index in [4.69, 9.17) is 0 Å². The second-order valence-corrected chi connectivity index (χ2v) is 7.26. The van der Waals surface area contributed by atoms with E-state index in [9.17, 15) is 4.79 Å². The largest absolute Gasteiger partial charge is 0.350 e. The quantitative estimate of drug-likeness (QED) is 0.896. The number of thiophene rings is 1. The van der Waals surface area contributed by atoms with Crippen molar-refractivity contribution >= 4 is 17.2 Å². The first-order valence-corrected chi connectivity index (χ1v) is 8.69. The second kappa shape index (κ2) is 6.27. The number of amides is 1. The van der Waals surface area contributed by atoms with Crippen LogP contribution in [0.15, 0.2) is 6.07 Å². The minimum Gasteiger partial charge on any atom is -0.350 e. The van der Waals surface area contributed by atoms with Crippen molar-refractivity contribution in [1.82, 2.24) is 10.6 Å². The number of carbonyl (C=O) groups is 1. The van der Waals surface area contributed by atoms with Crippen LogP contribution in [-0.4, -0.2) is 18.5 Å². The summed E-state index contributed by atoms with van der Waals surface area (Å²) in [5.74, 6) is 0.884. The highest BCUT2D eigenvalue weighted by Gasteiger charge is 2.25. The van der Waals surface area contributed by atoms with E-state index in [1.165, 1.54) is 47.4 Å². The minimum atomic E-state index is 0.0144. The molecule has 1 saturated heterocycles. The lowest BCUT2D eigenvalue weighted by Gasteiger charge is -2.28. The van der Waals surface area contributed by atoms with Gasteiger partial charge in [0.25, 0.3) is 0 Å². The van der Waals surface area contributed by atoms with E-state index in [2.05, 4.69) is 23.6 Å². The van der Waals surface area contributed by atoms with Gasteiger partial charge < -0.3 is 10.6 Å². The lowest BCUT2D eigenvalue weighted by atomic mass is 9.90. The number of aryl methyl sites for hydroxylation is 2. The predicted octanol–water partition coefficient (Wildman–Crippen LogP) is 2.63. The van der Waals surface area contributed by atoms with Gasteiger partial charge >= 0.3 is 0 Å². The Morgan fingerprint density at radius 3 is 3.20 bits per heavy atom. The molecule has 110 valence electrons. The third kappa shape index (κ3) is 3.07. The Hall–Kier alpha value is -0.870. The average Bonchev–Trinajstić information content (AvgIpc) is 3.05. The van der Waals surface area contributed by atoms with Crippen molar-refractivity contribution in [2.75, 3.05) is 6.54 Å². The highest BCUT2D eigenvalue weighted by Crippen LogP contribution is 2.30. The molecule has 2 atom stereocenters. The van der Waals surface area contributed by atoms with Gasteiger partial charge in [0.05, 0.1) is 12.6 Å². The summed E-state index contributed by atoms with van der Waals surface area (Å²) in [5, 5.41) is 6.46. The topological polar surface area (TPSA) is 41.1 Å². The van der Waals surface area contributed by atoms with Gasteiger partial charge in [-0.25, -0.2) is 0 Å². The Morgan fingerprint density at radius 1 is 1.50 bits per heavy atom. The zero-order valence-corrected chi connectivity index (χ0v) is 13.0. The van der Waals surface area contributed by atoms with Crippen molar-refractivity contribution in [1.29, 1.82) is 0 Å². The summed E-state index contributed by atoms with van der Waals surface area (Å²) >= 11 is 1.88. The van der Waals surface area contributed by atoms with E-state index in [1.807, 2.05) is 11.3 Å². The second-order valence-electron chi connectivity index (χ2n) is 6.04. The van der Waals surface area contributed by atoms with Crippen LogP contribution in [0, 0.1) is 5.92 Å². The van der Waals surface area contributed by atoms with E-state index in [0.29, 0.717) is 12.5 Å². The molecule has 1 aliphatic heterocycles. The Kier molecular flexibility index (Phi) is 4.41. The molecule has 2 unspecified atom stereocenters. The molecule has 0 radical (unpaired) electrons. The summed E-state index contributed by atoms with van der Waals surface area (Å²) in [6.45, 7) is 3.90. The molecule has 3 nitrogen and oxygen atoms in total. The van der Waals surface area contributed by atoms with Crippen LogP contribution in [0.2, 0.25) is 0 Å². The van der Waals surface area contributed by atoms with Crippen molar-refractivity contribution in [3.8, 4) is 0 Å². The summed E-state index contributed by atoms with van der Waals surface area (Å²) in [7, 11) is 0. The lowest BCUT2D eigenvalue weighted by molar-refractivity contribution is -0.124. The van der Waals surface area contributed by atoms with Gasteiger partial charge in [0.2, 0.25) is 5.91 Å². The van der Waals surface area contributed by atoms with Crippen LogP contribution in [0.3, 0.4) is 0 Å². The molecule has 0 aromatic carbocycles. The van der Waals surface area contributed by atoms with E-state index in [1.54, 1.807) is 0 Å². The van der Waals surface area contributed by atoms with Crippen molar-refractivity contribution in [2.45, 2.75) is 58.0 Å². The molecule has 3 rings (SSSR count). The highest BCUT2D eigenvalue weighted by molar-refractivity contribution is 7.12. The van der Waals surface area contributed by atoms with Gasteiger partial charge in [0, 0.05) is 9.75 Å². The van der Waals surface area contributed by atoms with Crippen LogP contribution in [0.1, 0.15) is 47.9 Å². The third-order valence-electron chi connectivity index (χ3n) is 4.64. The molecule has 4 heteroatoms. The molecule has 2 heterocycles. The summed E-state index contributed by atoms with van der Waals surface area (Å²) in [6, 6.07) is 2.30. The number of hydrogen-bond donors (Lipinski definition) is 2. The molecular weight excluding hydrogens is 268 g/mol. The minimum absolute atomic E-state index is 0.0144. The maximum absolute atomic E-state index is 12.2. The smallest absolute Gasteiger partial charge is 0.237 e. The van der Waals surface area contributed by atoms with Crippen LogP contribution in [0.25, 0.3) is 0 Å². The summed E-state index contributed by atoms with van der Waals surface area (Å²) in [6.07, 6.45) is 7.14. The van der Waals surface area contributed by atoms with Crippen LogP contribution in [-0.2, 0) is 24.2 Å². The number of carbonyl (C=O) groups excluding carboxylic acids is 1. The number of rotatable bonds is 4. The van der Waals surface area contributed by atoms with Crippen molar-refractivity contribution in [3.63, 3.8) is 0 Å². The Bertz CT molecular complexity index is 461. The number of fused-ring (bicyclic) bond motifs is 1. The van der Waals surface area contributed by atoms with Gasteiger partial charge in [-0.15, -0.1) is 11.3 Å². The molecule has 1 aromatic rings. The maximum atomic E-state index is 12.2. The molecule has 1 amide bonds. The SMILES string of the molecule is CCC1CCNC(C(=O)NCc2cc3c(s2)CCC3)C1. The molecule has 2 aliphatic rings. The normalized spacial score (nSPS) is 25.4. The fourth-order valence-electron chi connectivity index (χ4n) is 3.34. The summed E-state index contributed by atoms with van der Waals surface area (Å²) in [4.78, 5) is 15.1. The molecular formula is C16H24N2OS. The molecule has 0 bridgehead atoms. The molecule has 1 aromatic heterocycles. The average molecular weight is 292 g/mol. The molecule has 1 fully saturated rings. The fourth-order valence-corrected chi connectivity index (χ4v) is 4.54. The number of nitrogens with one attached hydrogen (secondary N) is 2. The van der Waals surface area contributed by atoms with Gasteiger partial charge in [-0.3, -0.25) is 4.79 Å². The van der Waals surface area contributed by atoms with Crippen molar-refractivity contribution in [3.05, 3.63) is 21.4 Å². The van der Waals surface area contributed by atoms with E-state index < -0.39 is 0 Å². The van der Waals surface area contributed by atoms with Gasteiger partial charge in [-0.1, -0.05) is 13.3 Å². The summed E-state index contributed by atoms with van der Waals surface area (Å²) in [5.41, 5.74) is 1.51. The number of piperidine rings is 1. The van der Waals surface area contributed by atoms with Crippen LogP contribution < -0.4 is 10.6 Å². The molecule has 0 saturated carbocycles. The van der Waals surface area contributed by atoms with Gasteiger partial charge in [0.15, 0.2) is 0 Å². The lowest BCUT2D eigenvalue weighted by Crippen LogP contribution is -2.48. The van der Waals surface area contributed by atoms with Crippen molar-refractivity contribution < 1.29 is 4.79 Å². The van der Waals surface area contributed by atoms with E-state index in [-0.39, 0.29) is 11.9 Å². The zero-order chi connectivity index (χ0) is 13.9. The van der Waals surface area contributed by atoms with Gasteiger partial charge in [-0.2, -0.15) is 0 Å². The van der Waals surface area contributed by atoms with Crippen molar-refractivity contribution in [2.24, 2.45) is 5.92 Å². The number of hydrogen-bond acceptors (Lipinski definition) is 3. The first kappa shape index (κ1) is 14.1. The van der Waals surface area contributed by atoms with Crippen LogP contribution in [0.4, 0.5) is 0 Å². The molecule has 1 aliphatic carbocycles. The molecule has 2 N–H and O–H groups in total. The molecule has 0 spiro atoms. The van der Waals surface area contributed by atoms with Gasteiger partial charge in [-0.05, 0) is 56.2 Å².